The molecule has 1 N–H and O–H groups in total. The third-order valence-corrected chi connectivity index (χ3v) is 6.08. The number of esters is 1. The summed E-state index contributed by atoms with van der Waals surface area (Å²) in [5.74, 6) is -1.25. The molecule has 1 fully saturated rings. The van der Waals surface area contributed by atoms with Crippen LogP contribution in [0.1, 0.15) is 38.8 Å². The third kappa shape index (κ3) is 8.00. The number of thioether (sulfide) groups is 1. The average molecular weight is 561 g/mol. The Morgan fingerprint density at radius 2 is 1.79 bits per heavy atom. The quantitative estimate of drug-likeness (QED) is 0.319. The lowest BCUT2D eigenvalue weighted by Gasteiger charge is -2.21. The second-order valence-electron chi connectivity index (χ2n) is 9.32. The van der Waals surface area contributed by atoms with Crippen LogP contribution >= 0.6 is 23.4 Å². The van der Waals surface area contributed by atoms with E-state index in [-0.39, 0.29) is 40.5 Å². The van der Waals surface area contributed by atoms with Crippen molar-refractivity contribution in [3.63, 3.8) is 0 Å². The minimum absolute atomic E-state index is 0.114. The number of nitrogens with zero attached hydrogens (tertiary/aromatic N) is 1. The number of aryl methyl sites for hydroxylation is 1. The molecular formula is C27H29ClN2O7S. The van der Waals surface area contributed by atoms with Gasteiger partial charge < -0.3 is 19.5 Å². The maximum atomic E-state index is 12.8. The fraction of sp³-hybridized carbons (Fsp3) is 0.333. The van der Waals surface area contributed by atoms with Gasteiger partial charge in [-0.2, -0.15) is 0 Å². The second-order valence-corrected chi connectivity index (χ2v) is 10.7. The SMILES string of the molecule is CCOc1cc(C=C2SC(=O)N(CC(=O)OC(C)(C)C)C2=O)cc(Cl)c1OCC(=O)Nc1ccc(C)cc1. The minimum Gasteiger partial charge on any atom is -0.490 e. The summed E-state index contributed by atoms with van der Waals surface area (Å²) in [6, 6.07) is 10.5. The van der Waals surface area contributed by atoms with Crippen LogP contribution in [0, 0.1) is 6.92 Å². The van der Waals surface area contributed by atoms with Crippen molar-refractivity contribution in [2.24, 2.45) is 0 Å². The Labute approximate surface area is 230 Å². The standard InChI is InChI=1S/C27H29ClN2O7S/c1-6-35-20-12-17(13-21-25(33)30(26(34)38-21)14-23(32)37-27(3,4)5)11-19(28)24(20)36-15-22(31)29-18-9-7-16(2)8-10-18/h7-13H,6,14-15H2,1-5H3,(H,29,31). The third-order valence-electron chi connectivity index (χ3n) is 4.89. The Kier molecular flexibility index (Phi) is 9.45. The number of ether oxygens (including phenoxy) is 3. The smallest absolute Gasteiger partial charge is 0.326 e. The number of benzene rings is 2. The molecule has 1 saturated heterocycles. The predicted molar refractivity (Wildman–Crippen MR) is 146 cm³/mol. The number of rotatable bonds is 9. The summed E-state index contributed by atoms with van der Waals surface area (Å²) in [5, 5.41) is 2.31. The maximum absolute atomic E-state index is 12.8. The molecule has 0 atom stereocenters. The van der Waals surface area contributed by atoms with Crippen molar-refractivity contribution >= 4 is 58.1 Å². The lowest BCUT2D eigenvalue weighted by molar-refractivity contribution is -0.156. The van der Waals surface area contributed by atoms with Gasteiger partial charge in [-0.1, -0.05) is 29.3 Å². The van der Waals surface area contributed by atoms with Crippen molar-refractivity contribution in [2.45, 2.75) is 40.2 Å². The van der Waals surface area contributed by atoms with E-state index >= 15 is 0 Å². The molecule has 11 heteroatoms. The molecule has 1 aliphatic rings. The lowest BCUT2D eigenvalue weighted by atomic mass is 10.1. The number of halogens is 1. The fourth-order valence-corrected chi connectivity index (χ4v) is 4.45. The molecule has 3 amide bonds. The molecule has 202 valence electrons. The molecule has 0 spiro atoms. The zero-order valence-corrected chi connectivity index (χ0v) is 23.3. The van der Waals surface area contributed by atoms with Gasteiger partial charge in [0, 0.05) is 5.69 Å². The highest BCUT2D eigenvalue weighted by Gasteiger charge is 2.37. The van der Waals surface area contributed by atoms with E-state index in [4.69, 9.17) is 25.8 Å². The van der Waals surface area contributed by atoms with Crippen LogP contribution in [0.5, 0.6) is 11.5 Å². The number of nitrogens with one attached hydrogen (secondary N) is 1. The first-order valence-electron chi connectivity index (χ1n) is 11.8. The highest BCUT2D eigenvalue weighted by molar-refractivity contribution is 8.18. The molecule has 2 aromatic rings. The number of carbonyl (C=O) groups excluding carboxylic acids is 4. The highest BCUT2D eigenvalue weighted by atomic mass is 35.5. The van der Waals surface area contributed by atoms with E-state index in [0.29, 0.717) is 23.0 Å². The highest BCUT2D eigenvalue weighted by Crippen LogP contribution is 2.39. The van der Waals surface area contributed by atoms with Crippen molar-refractivity contribution in [1.29, 1.82) is 0 Å². The number of carbonyl (C=O) groups is 4. The van der Waals surface area contributed by atoms with Crippen LogP contribution < -0.4 is 14.8 Å². The van der Waals surface area contributed by atoms with Crippen molar-refractivity contribution in [2.75, 3.05) is 25.1 Å². The van der Waals surface area contributed by atoms with E-state index in [0.717, 1.165) is 10.5 Å². The van der Waals surface area contributed by atoms with Crippen LogP contribution in [0.2, 0.25) is 5.02 Å². The monoisotopic (exact) mass is 560 g/mol. The number of amides is 3. The van der Waals surface area contributed by atoms with E-state index in [9.17, 15) is 19.2 Å². The molecule has 0 aliphatic carbocycles. The molecule has 3 rings (SSSR count). The number of imide groups is 1. The second kappa shape index (κ2) is 12.4. The zero-order valence-electron chi connectivity index (χ0n) is 21.8. The van der Waals surface area contributed by atoms with Crippen molar-refractivity contribution in [1.82, 2.24) is 4.90 Å². The van der Waals surface area contributed by atoms with Crippen LogP contribution in [0.25, 0.3) is 6.08 Å². The summed E-state index contributed by atoms with van der Waals surface area (Å²) >= 11 is 7.15. The molecule has 2 aromatic carbocycles. The summed E-state index contributed by atoms with van der Waals surface area (Å²) in [6.45, 7) is 8.31. The summed E-state index contributed by atoms with van der Waals surface area (Å²) in [6.07, 6.45) is 1.47. The molecule has 1 heterocycles. The average Bonchev–Trinajstić information content (AvgIpc) is 3.06. The van der Waals surface area contributed by atoms with E-state index < -0.39 is 29.3 Å². The molecular weight excluding hydrogens is 532 g/mol. The van der Waals surface area contributed by atoms with Gasteiger partial charge in [0.15, 0.2) is 18.1 Å². The molecule has 0 radical (unpaired) electrons. The van der Waals surface area contributed by atoms with E-state index in [1.807, 2.05) is 19.1 Å². The Hall–Kier alpha value is -3.50. The van der Waals surface area contributed by atoms with Gasteiger partial charge in [-0.15, -0.1) is 0 Å². The molecule has 1 aliphatic heterocycles. The van der Waals surface area contributed by atoms with Crippen LogP contribution in [-0.2, 0) is 19.1 Å². The zero-order chi connectivity index (χ0) is 28.0. The van der Waals surface area contributed by atoms with Crippen molar-refractivity contribution in [3.05, 3.63) is 57.5 Å². The molecule has 38 heavy (non-hydrogen) atoms. The minimum atomic E-state index is -0.744. The van der Waals surface area contributed by atoms with Gasteiger partial charge in [0.2, 0.25) is 0 Å². The maximum Gasteiger partial charge on any atom is 0.326 e. The van der Waals surface area contributed by atoms with E-state index in [2.05, 4.69) is 5.32 Å². The summed E-state index contributed by atoms with van der Waals surface area (Å²) < 4.78 is 16.5. The largest absolute Gasteiger partial charge is 0.490 e. The molecule has 9 nitrogen and oxygen atoms in total. The molecule has 0 bridgehead atoms. The van der Waals surface area contributed by atoms with Gasteiger partial charge in [0.25, 0.3) is 17.1 Å². The number of hydrogen-bond acceptors (Lipinski definition) is 8. The van der Waals surface area contributed by atoms with Gasteiger partial charge in [-0.3, -0.25) is 24.1 Å². The van der Waals surface area contributed by atoms with E-state index in [1.54, 1.807) is 45.9 Å². The predicted octanol–water partition coefficient (Wildman–Crippen LogP) is 5.44. The number of hydrogen-bond donors (Lipinski definition) is 1. The first kappa shape index (κ1) is 29.1. The first-order chi connectivity index (χ1) is 17.9. The van der Waals surface area contributed by atoms with Gasteiger partial charge in [0.1, 0.15) is 12.1 Å². The van der Waals surface area contributed by atoms with Gasteiger partial charge in [0.05, 0.1) is 16.5 Å². The number of anilines is 1. The van der Waals surface area contributed by atoms with Gasteiger partial charge >= 0.3 is 5.97 Å². The van der Waals surface area contributed by atoms with E-state index in [1.165, 1.54) is 12.1 Å². The Balaban J connectivity index is 1.73. The Morgan fingerprint density at radius 3 is 2.42 bits per heavy atom. The lowest BCUT2D eigenvalue weighted by Crippen LogP contribution is -2.37. The Morgan fingerprint density at radius 1 is 1.11 bits per heavy atom. The van der Waals surface area contributed by atoms with Crippen LogP contribution in [0.4, 0.5) is 10.5 Å². The van der Waals surface area contributed by atoms with Crippen LogP contribution in [-0.4, -0.2) is 53.3 Å². The fourth-order valence-electron chi connectivity index (χ4n) is 3.34. The topological polar surface area (TPSA) is 111 Å². The first-order valence-corrected chi connectivity index (χ1v) is 13.0. The van der Waals surface area contributed by atoms with Crippen LogP contribution in [0.15, 0.2) is 41.3 Å². The van der Waals surface area contributed by atoms with Crippen molar-refractivity contribution < 1.29 is 33.4 Å². The van der Waals surface area contributed by atoms with Crippen molar-refractivity contribution in [3.8, 4) is 11.5 Å². The Bertz CT molecular complexity index is 1270. The molecule has 0 saturated carbocycles. The summed E-state index contributed by atoms with van der Waals surface area (Å²) in [7, 11) is 0. The molecule has 0 aromatic heterocycles. The molecule has 0 unspecified atom stereocenters. The summed E-state index contributed by atoms with van der Waals surface area (Å²) in [5.41, 5.74) is 1.43. The van der Waals surface area contributed by atoms with Crippen LogP contribution in [0.3, 0.4) is 0 Å². The summed E-state index contributed by atoms with van der Waals surface area (Å²) in [4.78, 5) is 50.6. The van der Waals surface area contributed by atoms with Gasteiger partial charge in [-0.25, -0.2) is 0 Å². The normalized spacial score (nSPS) is 14.6. The van der Waals surface area contributed by atoms with Gasteiger partial charge in [-0.05, 0) is 82.3 Å².